The highest BCUT2D eigenvalue weighted by Crippen LogP contribution is 2.23. The first-order valence-electron chi connectivity index (χ1n) is 6.43. The van der Waals surface area contributed by atoms with Gasteiger partial charge in [-0.25, -0.2) is 0 Å². The van der Waals surface area contributed by atoms with E-state index in [1.165, 1.54) is 12.8 Å². The molecule has 0 amide bonds. The Bertz CT molecular complexity index is 199. The Morgan fingerprint density at radius 2 is 2.06 bits per heavy atom. The summed E-state index contributed by atoms with van der Waals surface area (Å²) in [4.78, 5) is 2.45. The molecule has 1 N–H and O–H groups in total. The molecule has 94 valence electrons. The minimum absolute atomic E-state index is 0.0883. The van der Waals surface area contributed by atoms with E-state index in [9.17, 15) is 0 Å². The molecule has 4 nitrogen and oxygen atoms in total. The summed E-state index contributed by atoms with van der Waals surface area (Å²) in [6.07, 6.45) is 2.40. The van der Waals surface area contributed by atoms with E-state index in [1.54, 1.807) is 0 Å². The minimum atomic E-state index is 0.0883. The Hall–Kier alpha value is -0.160. The first-order valence-corrected chi connectivity index (χ1v) is 6.43. The molecule has 1 atom stereocenters. The van der Waals surface area contributed by atoms with Gasteiger partial charge in [-0.15, -0.1) is 0 Å². The molecule has 1 unspecified atom stereocenters. The third kappa shape index (κ3) is 3.70. The van der Waals surface area contributed by atoms with Crippen LogP contribution in [0.1, 0.15) is 19.8 Å². The van der Waals surface area contributed by atoms with E-state index in [1.807, 2.05) is 0 Å². The third-order valence-corrected chi connectivity index (χ3v) is 3.51. The zero-order chi connectivity index (χ0) is 11.3. The van der Waals surface area contributed by atoms with Crippen LogP contribution >= 0.6 is 0 Å². The summed E-state index contributed by atoms with van der Waals surface area (Å²) >= 11 is 0. The number of morpholine rings is 1. The average molecular weight is 228 g/mol. The van der Waals surface area contributed by atoms with Gasteiger partial charge >= 0.3 is 0 Å². The maximum absolute atomic E-state index is 5.74. The van der Waals surface area contributed by atoms with Crippen LogP contribution < -0.4 is 5.32 Å². The van der Waals surface area contributed by atoms with Gasteiger partial charge in [0.2, 0.25) is 0 Å². The number of nitrogens with one attached hydrogen (secondary N) is 1. The Balaban J connectivity index is 1.54. The fourth-order valence-electron chi connectivity index (χ4n) is 2.39. The molecule has 4 heteroatoms. The SMILES string of the molecule is CC1(CNCCN2CCOCC2)CCCO1. The van der Waals surface area contributed by atoms with E-state index >= 15 is 0 Å². The van der Waals surface area contributed by atoms with Crippen LogP contribution in [0.5, 0.6) is 0 Å². The topological polar surface area (TPSA) is 33.7 Å². The van der Waals surface area contributed by atoms with Gasteiger partial charge in [-0.2, -0.15) is 0 Å². The monoisotopic (exact) mass is 228 g/mol. The summed E-state index contributed by atoms with van der Waals surface area (Å²) in [5, 5.41) is 3.51. The van der Waals surface area contributed by atoms with E-state index in [2.05, 4.69) is 17.1 Å². The first kappa shape index (κ1) is 12.3. The van der Waals surface area contributed by atoms with E-state index in [4.69, 9.17) is 9.47 Å². The van der Waals surface area contributed by atoms with Crippen LogP contribution in [0, 0.1) is 0 Å². The molecule has 2 saturated heterocycles. The maximum atomic E-state index is 5.74. The molecule has 0 radical (unpaired) electrons. The number of ether oxygens (including phenoxy) is 2. The lowest BCUT2D eigenvalue weighted by atomic mass is 10.0. The summed E-state index contributed by atoms with van der Waals surface area (Å²) in [5.41, 5.74) is 0.0883. The molecule has 0 aromatic carbocycles. The largest absolute Gasteiger partial charge is 0.379 e. The lowest BCUT2D eigenvalue weighted by molar-refractivity contribution is 0.0178. The van der Waals surface area contributed by atoms with Crippen LogP contribution in [0.3, 0.4) is 0 Å². The summed E-state index contributed by atoms with van der Waals surface area (Å²) in [5.74, 6) is 0. The Morgan fingerprint density at radius 3 is 2.75 bits per heavy atom. The van der Waals surface area contributed by atoms with Crippen LogP contribution in [-0.2, 0) is 9.47 Å². The number of hydrogen-bond donors (Lipinski definition) is 1. The van der Waals surface area contributed by atoms with E-state index in [0.717, 1.165) is 52.5 Å². The second-order valence-electron chi connectivity index (χ2n) is 5.03. The Morgan fingerprint density at radius 1 is 1.25 bits per heavy atom. The molecule has 16 heavy (non-hydrogen) atoms. The van der Waals surface area contributed by atoms with Crippen molar-refractivity contribution >= 4 is 0 Å². The number of nitrogens with zero attached hydrogens (tertiary/aromatic N) is 1. The normalized spacial score (nSPS) is 32.1. The van der Waals surface area contributed by atoms with Crippen LogP contribution in [0.4, 0.5) is 0 Å². The van der Waals surface area contributed by atoms with E-state index in [0.29, 0.717) is 0 Å². The zero-order valence-electron chi connectivity index (χ0n) is 10.3. The molecule has 0 aliphatic carbocycles. The highest BCUT2D eigenvalue weighted by molar-refractivity contribution is 4.82. The lowest BCUT2D eigenvalue weighted by Crippen LogP contribution is -2.43. The van der Waals surface area contributed by atoms with Gasteiger partial charge in [0.25, 0.3) is 0 Å². The lowest BCUT2D eigenvalue weighted by Gasteiger charge is -2.28. The number of hydrogen-bond acceptors (Lipinski definition) is 4. The smallest absolute Gasteiger partial charge is 0.0779 e. The van der Waals surface area contributed by atoms with Crippen LogP contribution in [0.15, 0.2) is 0 Å². The molecule has 0 aromatic rings. The van der Waals surface area contributed by atoms with E-state index in [-0.39, 0.29) is 5.60 Å². The molecule has 2 heterocycles. The first-order chi connectivity index (χ1) is 7.79. The predicted octanol–water partition coefficient (Wildman–Crippen LogP) is 0.477. The molecule has 0 aromatic heterocycles. The fourth-order valence-corrected chi connectivity index (χ4v) is 2.39. The van der Waals surface area contributed by atoms with Crippen LogP contribution in [0.25, 0.3) is 0 Å². The molecule has 2 fully saturated rings. The molecule has 2 aliphatic heterocycles. The number of rotatable bonds is 5. The second kappa shape index (κ2) is 5.96. The summed E-state index contributed by atoms with van der Waals surface area (Å²) in [6.45, 7) is 10.2. The Labute approximate surface area is 98.3 Å². The van der Waals surface area contributed by atoms with Gasteiger partial charge in [0.05, 0.1) is 18.8 Å². The van der Waals surface area contributed by atoms with Crippen molar-refractivity contribution in [2.24, 2.45) is 0 Å². The van der Waals surface area contributed by atoms with E-state index < -0.39 is 0 Å². The van der Waals surface area contributed by atoms with Crippen molar-refractivity contribution in [1.29, 1.82) is 0 Å². The van der Waals surface area contributed by atoms with Crippen LogP contribution in [0.2, 0.25) is 0 Å². The van der Waals surface area contributed by atoms with Gasteiger partial charge in [-0.1, -0.05) is 0 Å². The molecule has 2 rings (SSSR count). The van der Waals surface area contributed by atoms with Crippen molar-refractivity contribution in [1.82, 2.24) is 10.2 Å². The molecule has 0 saturated carbocycles. The molecule has 2 aliphatic rings. The molecule has 0 bridgehead atoms. The highest BCUT2D eigenvalue weighted by Gasteiger charge is 2.28. The maximum Gasteiger partial charge on any atom is 0.0779 e. The van der Waals surface area contributed by atoms with Gasteiger partial charge in [-0.05, 0) is 19.8 Å². The minimum Gasteiger partial charge on any atom is -0.379 e. The Kier molecular flexibility index (Phi) is 4.58. The van der Waals surface area contributed by atoms with Crippen molar-refractivity contribution in [3.05, 3.63) is 0 Å². The second-order valence-corrected chi connectivity index (χ2v) is 5.03. The standard InChI is InChI=1S/C12H24N2O2/c1-12(3-2-8-16-12)11-13-4-5-14-6-9-15-10-7-14/h13H,2-11H2,1H3. The summed E-state index contributed by atoms with van der Waals surface area (Å²) in [7, 11) is 0. The fraction of sp³-hybridized carbons (Fsp3) is 1.00. The van der Waals surface area contributed by atoms with Crippen molar-refractivity contribution in [2.75, 3.05) is 52.5 Å². The van der Waals surface area contributed by atoms with Gasteiger partial charge in [-0.3, -0.25) is 4.90 Å². The third-order valence-electron chi connectivity index (χ3n) is 3.51. The summed E-state index contributed by atoms with van der Waals surface area (Å²) in [6, 6.07) is 0. The molecular formula is C12H24N2O2. The quantitative estimate of drug-likeness (QED) is 0.694. The van der Waals surface area contributed by atoms with Gasteiger partial charge < -0.3 is 14.8 Å². The van der Waals surface area contributed by atoms with Crippen molar-refractivity contribution in [3.8, 4) is 0 Å². The molecular weight excluding hydrogens is 204 g/mol. The van der Waals surface area contributed by atoms with Gasteiger partial charge in [0.1, 0.15) is 0 Å². The van der Waals surface area contributed by atoms with Crippen LogP contribution in [-0.4, -0.2) is 63.0 Å². The molecule has 0 spiro atoms. The highest BCUT2D eigenvalue weighted by atomic mass is 16.5. The van der Waals surface area contributed by atoms with Gasteiger partial charge in [0, 0.05) is 39.3 Å². The zero-order valence-corrected chi connectivity index (χ0v) is 10.3. The predicted molar refractivity (Wildman–Crippen MR) is 63.7 cm³/mol. The summed E-state index contributed by atoms with van der Waals surface area (Å²) < 4.78 is 11.1. The van der Waals surface area contributed by atoms with Crippen molar-refractivity contribution in [2.45, 2.75) is 25.4 Å². The van der Waals surface area contributed by atoms with Crippen molar-refractivity contribution < 1.29 is 9.47 Å². The van der Waals surface area contributed by atoms with Crippen molar-refractivity contribution in [3.63, 3.8) is 0 Å². The van der Waals surface area contributed by atoms with Gasteiger partial charge in [0.15, 0.2) is 0 Å². The average Bonchev–Trinajstić information content (AvgIpc) is 2.74.